The number of aromatic nitrogens is 4. The third kappa shape index (κ3) is 4.89. The largest absolute Gasteiger partial charge is 0.278 e. The van der Waals surface area contributed by atoms with Gasteiger partial charge in [0.25, 0.3) is 0 Å². The summed E-state index contributed by atoms with van der Waals surface area (Å²) in [7, 11) is 0. The van der Waals surface area contributed by atoms with Gasteiger partial charge in [0.1, 0.15) is 0 Å². The zero-order valence-electron chi connectivity index (χ0n) is 27.3. The van der Waals surface area contributed by atoms with Gasteiger partial charge >= 0.3 is 0 Å². The molecule has 9 rings (SSSR count). The van der Waals surface area contributed by atoms with Crippen LogP contribution in [0.5, 0.6) is 0 Å². The van der Waals surface area contributed by atoms with Crippen LogP contribution in [-0.2, 0) is 5.41 Å². The molecule has 0 radical (unpaired) electrons. The number of benzene rings is 7. The van der Waals surface area contributed by atoms with Crippen molar-refractivity contribution in [3.8, 4) is 28.7 Å². The van der Waals surface area contributed by atoms with Crippen molar-refractivity contribution in [1.29, 1.82) is 0 Å². The molecule has 0 saturated carbocycles. The Hall–Kier alpha value is -6.65. The SMILES string of the molecule is c1ccc(-c2nc(-c3ccc(C(c4ccccc4)(c4ccccc4)c4ccccc4)cc3)nc(-n3c4ccccc4c4ccccc43)n2)cc1. The van der Waals surface area contributed by atoms with Gasteiger partial charge in [-0.3, -0.25) is 4.57 Å². The van der Waals surface area contributed by atoms with Gasteiger partial charge in [0.2, 0.25) is 5.95 Å². The van der Waals surface area contributed by atoms with Crippen molar-refractivity contribution < 1.29 is 0 Å². The maximum atomic E-state index is 5.18. The lowest BCUT2D eigenvalue weighted by Gasteiger charge is -2.37. The van der Waals surface area contributed by atoms with E-state index in [0.29, 0.717) is 17.6 Å². The number of para-hydroxylation sites is 2. The van der Waals surface area contributed by atoms with Crippen LogP contribution in [0.25, 0.3) is 50.5 Å². The van der Waals surface area contributed by atoms with E-state index in [4.69, 9.17) is 15.0 Å². The first-order chi connectivity index (χ1) is 24.8. The van der Waals surface area contributed by atoms with E-state index in [2.05, 4.69) is 168 Å². The molecular weight excluding hydrogens is 609 g/mol. The number of hydrogen-bond donors (Lipinski definition) is 0. The quantitative estimate of drug-likeness (QED) is 0.163. The highest BCUT2D eigenvalue weighted by atomic mass is 15.2. The first-order valence-corrected chi connectivity index (χ1v) is 16.9. The summed E-state index contributed by atoms with van der Waals surface area (Å²) in [6.07, 6.45) is 0. The molecular formula is C46H32N4. The van der Waals surface area contributed by atoms with Crippen molar-refractivity contribution in [3.63, 3.8) is 0 Å². The van der Waals surface area contributed by atoms with Crippen LogP contribution in [0.4, 0.5) is 0 Å². The summed E-state index contributed by atoms with van der Waals surface area (Å²) >= 11 is 0. The Morgan fingerprint density at radius 3 is 1.14 bits per heavy atom. The van der Waals surface area contributed by atoms with Gasteiger partial charge in [0, 0.05) is 21.9 Å². The van der Waals surface area contributed by atoms with Gasteiger partial charge in [-0.25, -0.2) is 4.98 Å². The minimum absolute atomic E-state index is 0.537. The zero-order chi connectivity index (χ0) is 33.3. The highest BCUT2D eigenvalue weighted by Crippen LogP contribution is 2.45. The Labute approximate surface area is 291 Å². The topological polar surface area (TPSA) is 43.6 Å². The van der Waals surface area contributed by atoms with E-state index in [1.807, 2.05) is 30.3 Å². The Kier molecular flexibility index (Phi) is 7.33. The van der Waals surface area contributed by atoms with Crippen molar-refractivity contribution in [2.75, 3.05) is 0 Å². The fourth-order valence-electron chi connectivity index (χ4n) is 7.38. The van der Waals surface area contributed by atoms with Gasteiger partial charge in [-0.1, -0.05) is 182 Å². The number of fused-ring (bicyclic) bond motifs is 3. The lowest BCUT2D eigenvalue weighted by atomic mass is 9.65. The molecule has 0 aliphatic heterocycles. The second-order valence-corrected chi connectivity index (χ2v) is 12.4. The van der Waals surface area contributed by atoms with Crippen LogP contribution in [-0.4, -0.2) is 19.5 Å². The molecule has 9 aromatic rings. The minimum Gasteiger partial charge on any atom is -0.278 e. The molecule has 2 aromatic heterocycles. The molecule has 0 bridgehead atoms. The van der Waals surface area contributed by atoms with Crippen molar-refractivity contribution in [1.82, 2.24) is 19.5 Å². The fraction of sp³-hybridized carbons (Fsp3) is 0.0217. The van der Waals surface area contributed by atoms with E-state index in [0.717, 1.165) is 38.5 Å². The maximum absolute atomic E-state index is 5.18. The zero-order valence-corrected chi connectivity index (χ0v) is 27.3. The molecule has 7 aromatic carbocycles. The molecule has 50 heavy (non-hydrogen) atoms. The Balaban J connectivity index is 1.26. The molecule has 0 saturated heterocycles. The molecule has 0 unspecified atom stereocenters. The second-order valence-electron chi connectivity index (χ2n) is 12.4. The molecule has 0 aliphatic carbocycles. The summed E-state index contributed by atoms with van der Waals surface area (Å²) < 4.78 is 2.15. The first kappa shape index (κ1) is 29.5. The monoisotopic (exact) mass is 640 g/mol. The van der Waals surface area contributed by atoms with E-state index in [-0.39, 0.29) is 0 Å². The normalized spacial score (nSPS) is 11.6. The predicted octanol–water partition coefficient (Wildman–Crippen LogP) is 10.7. The highest BCUT2D eigenvalue weighted by molar-refractivity contribution is 6.09. The van der Waals surface area contributed by atoms with Crippen molar-refractivity contribution in [2.45, 2.75) is 5.41 Å². The standard InChI is InChI=1S/C46H32N4/c1-5-17-33(18-6-1)43-47-44(49-45(48-43)50-41-27-15-13-25-39(41)40-26-14-16-28-42(40)50)34-29-31-38(32-30-34)46(35-19-7-2-8-20-35,36-21-9-3-10-22-36)37-23-11-4-12-24-37/h1-32H. The molecule has 4 heteroatoms. The summed E-state index contributed by atoms with van der Waals surface area (Å²) in [5, 5.41) is 2.32. The van der Waals surface area contributed by atoms with Gasteiger partial charge in [0.05, 0.1) is 16.4 Å². The van der Waals surface area contributed by atoms with E-state index < -0.39 is 5.41 Å². The Bertz CT molecular complexity index is 2410. The Morgan fingerprint density at radius 2 is 0.680 bits per heavy atom. The number of rotatable bonds is 7. The lowest BCUT2D eigenvalue weighted by molar-refractivity contribution is 0.745. The summed E-state index contributed by atoms with van der Waals surface area (Å²) in [5.74, 6) is 1.83. The summed E-state index contributed by atoms with van der Waals surface area (Å²) in [5.41, 5.74) is 8.18. The average molecular weight is 641 g/mol. The van der Waals surface area contributed by atoms with Crippen LogP contribution in [0, 0.1) is 0 Å². The molecule has 0 aliphatic rings. The third-order valence-corrected chi connectivity index (χ3v) is 9.63. The molecule has 0 spiro atoms. The van der Waals surface area contributed by atoms with Gasteiger partial charge in [-0.2, -0.15) is 9.97 Å². The van der Waals surface area contributed by atoms with Gasteiger partial charge in [-0.05, 0) is 34.4 Å². The van der Waals surface area contributed by atoms with Gasteiger partial charge in [0.15, 0.2) is 11.6 Å². The molecule has 0 fully saturated rings. The van der Waals surface area contributed by atoms with Crippen LogP contribution in [0.3, 0.4) is 0 Å². The molecule has 2 heterocycles. The summed E-state index contributed by atoms with van der Waals surface area (Å²) in [6, 6.07) is 68.1. The van der Waals surface area contributed by atoms with E-state index in [1.165, 1.54) is 16.7 Å². The fourth-order valence-corrected chi connectivity index (χ4v) is 7.38. The van der Waals surface area contributed by atoms with Crippen molar-refractivity contribution >= 4 is 21.8 Å². The van der Waals surface area contributed by atoms with Crippen LogP contribution in [0.2, 0.25) is 0 Å². The lowest BCUT2D eigenvalue weighted by Crippen LogP contribution is -2.30. The molecule has 0 N–H and O–H groups in total. The predicted molar refractivity (Wildman–Crippen MR) is 203 cm³/mol. The summed E-state index contributed by atoms with van der Waals surface area (Å²) in [4.78, 5) is 15.3. The van der Waals surface area contributed by atoms with E-state index in [1.54, 1.807) is 0 Å². The number of hydrogen-bond acceptors (Lipinski definition) is 3. The smallest absolute Gasteiger partial charge is 0.238 e. The molecule has 4 nitrogen and oxygen atoms in total. The van der Waals surface area contributed by atoms with Crippen molar-refractivity contribution in [2.24, 2.45) is 0 Å². The second kappa shape index (κ2) is 12.4. The number of nitrogens with zero attached hydrogens (tertiary/aromatic N) is 4. The van der Waals surface area contributed by atoms with E-state index >= 15 is 0 Å². The minimum atomic E-state index is -0.537. The maximum Gasteiger partial charge on any atom is 0.238 e. The van der Waals surface area contributed by atoms with Crippen molar-refractivity contribution in [3.05, 3.63) is 216 Å². The van der Waals surface area contributed by atoms with Crippen LogP contribution in [0.1, 0.15) is 22.3 Å². The van der Waals surface area contributed by atoms with Crippen LogP contribution >= 0.6 is 0 Å². The molecule has 0 atom stereocenters. The average Bonchev–Trinajstić information content (AvgIpc) is 3.54. The summed E-state index contributed by atoms with van der Waals surface area (Å²) in [6.45, 7) is 0. The van der Waals surface area contributed by atoms with E-state index in [9.17, 15) is 0 Å². The van der Waals surface area contributed by atoms with Gasteiger partial charge in [-0.15, -0.1) is 0 Å². The van der Waals surface area contributed by atoms with Crippen LogP contribution in [0.15, 0.2) is 194 Å². The molecule has 0 amide bonds. The Morgan fingerprint density at radius 1 is 0.320 bits per heavy atom. The first-order valence-electron chi connectivity index (χ1n) is 16.9. The van der Waals surface area contributed by atoms with Gasteiger partial charge < -0.3 is 0 Å². The van der Waals surface area contributed by atoms with Crippen LogP contribution < -0.4 is 0 Å². The third-order valence-electron chi connectivity index (χ3n) is 9.63. The molecule has 236 valence electrons. The highest BCUT2D eigenvalue weighted by Gasteiger charge is 2.38.